The Kier molecular flexibility index (Phi) is 2.36. The van der Waals surface area contributed by atoms with E-state index in [9.17, 15) is 0 Å². The van der Waals surface area contributed by atoms with Crippen molar-refractivity contribution in [3.8, 4) is 0 Å². The highest BCUT2D eigenvalue weighted by Gasteiger charge is 2.16. The van der Waals surface area contributed by atoms with Crippen molar-refractivity contribution in [3.05, 3.63) is 0 Å². The van der Waals surface area contributed by atoms with Gasteiger partial charge in [0.1, 0.15) is 5.84 Å². The van der Waals surface area contributed by atoms with E-state index in [2.05, 4.69) is 0 Å². The van der Waals surface area contributed by atoms with Crippen molar-refractivity contribution in [2.24, 2.45) is 5.73 Å². The van der Waals surface area contributed by atoms with Crippen LogP contribution in [0.4, 0.5) is 0 Å². The smallest absolute Gasteiger partial charge is 0.106 e. The molecule has 0 aliphatic carbocycles. The average molecular weight is 146 g/mol. The van der Waals surface area contributed by atoms with Crippen molar-refractivity contribution in [2.75, 3.05) is 19.0 Å². The molecule has 9 heavy (non-hydrogen) atoms. The van der Waals surface area contributed by atoms with Crippen LogP contribution in [0.25, 0.3) is 0 Å². The summed E-state index contributed by atoms with van der Waals surface area (Å²) in [7, 11) is 0. The average Bonchev–Trinajstić information content (AvgIpc) is 1.90. The van der Waals surface area contributed by atoms with Crippen LogP contribution in [0.5, 0.6) is 0 Å². The van der Waals surface area contributed by atoms with Gasteiger partial charge in [0, 0.05) is 5.75 Å². The van der Waals surface area contributed by atoms with Crippen molar-refractivity contribution < 1.29 is 4.74 Å². The molecule has 52 valence electrons. The lowest BCUT2D eigenvalue weighted by Gasteiger charge is -2.19. The molecule has 1 saturated heterocycles. The van der Waals surface area contributed by atoms with Gasteiger partial charge in [0.05, 0.1) is 18.5 Å². The molecule has 1 unspecified atom stereocenters. The molecule has 3 N–H and O–H groups in total. The minimum Gasteiger partial charge on any atom is -0.387 e. The monoisotopic (exact) mass is 146 g/mol. The molecule has 3 nitrogen and oxygen atoms in total. The maximum atomic E-state index is 7.07. The summed E-state index contributed by atoms with van der Waals surface area (Å²) in [5.41, 5.74) is 5.25. The highest BCUT2D eigenvalue weighted by atomic mass is 32.2. The first-order chi connectivity index (χ1) is 4.30. The van der Waals surface area contributed by atoms with Gasteiger partial charge >= 0.3 is 0 Å². The second kappa shape index (κ2) is 3.08. The summed E-state index contributed by atoms with van der Waals surface area (Å²) < 4.78 is 5.10. The molecule has 0 bridgehead atoms. The molecule has 0 radical (unpaired) electrons. The predicted molar refractivity (Wildman–Crippen MR) is 39.0 cm³/mol. The number of nitrogens with two attached hydrogens (primary N) is 1. The molecule has 0 amide bonds. The van der Waals surface area contributed by atoms with Gasteiger partial charge in [-0.1, -0.05) is 0 Å². The molecule has 0 spiro atoms. The number of hydrogen-bond donors (Lipinski definition) is 2. The molecule has 4 heteroatoms. The normalized spacial score (nSPS) is 27.8. The second-order valence-corrected chi connectivity index (χ2v) is 3.20. The predicted octanol–water partition coefficient (Wildman–Crippen LogP) is 0.0544. The summed E-state index contributed by atoms with van der Waals surface area (Å²) in [5.74, 6) is 1.20. The topological polar surface area (TPSA) is 59.1 Å². The molecular weight excluding hydrogens is 136 g/mol. The van der Waals surface area contributed by atoms with E-state index in [4.69, 9.17) is 15.9 Å². The summed E-state index contributed by atoms with van der Waals surface area (Å²) in [6, 6.07) is 0. The van der Waals surface area contributed by atoms with Crippen LogP contribution in [0.2, 0.25) is 0 Å². The summed E-state index contributed by atoms with van der Waals surface area (Å²) in [5, 5.41) is 7.18. The lowest BCUT2D eigenvalue weighted by Crippen LogP contribution is -2.33. The summed E-state index contributed by atoms with van der Waals surface area (Å²) >= 11 is 1.70. The number of rotatable bonds is 1. The largest absolute Gasteiger partial charge is 0.387 e. The minimum absolute atomic E-state index is 0.110. The Morgan fingerprint density at radius 2 is 2.56 bits per heavy atom. The number of nitrogens with one attached hydrogen (secondary N) is 1. The Morgan fingerprint density at radius 3 is 2.89 bits per heavy atom. The van der Waals surface area contributed by atoms with Gasteiger partial charge in [-0.15, -0.1) is 11.8 Å². The molecule has 1 aliphatic rings. The van der Waals surface area contributed by atoms with E-state index in [1.165, 1.54) is 0 Å². The first-order valence-electron chi connectivity index (χ1n) is 2.84. The Balaban J connectivity index is 2.31. The van der Waals surface area contributed by atoms with E-state index in [1.54, 1.807) is 11.8 Å². The van der Waals surface area contributed by atoms with Crippen LogP contribution < -0.4 is 5.73 Å². The third-order valence-electron chi connectivity index (χ3n) is 1.16. The molecule has 1 atom stereocenters. The molecule has 0 aromatic rings. The van der Waals surface area contributed by atoms with Crippen molar-refractivity contribution in [1.82, 2.24) is 0 Å². The van der Waals surface area contributed by atoms with Crippen molar-refractivity contribution in [2.45, 2.75) is 5.25 Å². The van der Waals surface area contributed by atoms with Gasteiger partial charge in [0.15, 0.2) is 0 Å². The molecule has 1 heterocycles. The van der Waals surface area contributed by atoms with E-state index < -0.39 is 0 Å². The quantitative estimate of drug-likeness (QED) is 0.406. The molecule has 0 aromatic heterocycles. The standard InChI is InChI=1S/C5H10N2OS/c6-5(7)4-3-8-1-2-9-4/h4H,1-3H2,(H3,6,7). The molecule has 1 rings (SSSR count). The van der Waals surface area contributed by atoms with Crippen LogP contribution in [0, 0.1) is 5.41 Å². The molecule has 0 aromatic carbocycles. The van der Waals surface area contributed by atoms with Crippen LogP contribution in [-0.4, -0.2) is 30.1 Å². The number of ether oxygens (including phenoxy) is 1. The van der Waals surface area contributed by atoms with Crippen LogP contribution >= 0.6 is 11.8 Å². The highest BCUT2D eigenvalue weighted by Crippen LogP contribution is 2.15. The third-order valence-corrected chi connectivity index (χ3v) is 2.36. The van der Waals surface area contributed by atoms with Crippen LogP contribution in [0.3, 0.4) is 0 Å². The minimum atomic E-state index is 0.110. The maximum absolute atomic E-state index is 7.07. The van der Waals surface area contributed by atoms with Crippen molar-refractivity contribution >= 4 is 17.6 Å². The van der Waals surface area contributed by atoms with Gasteiger partial charge in [0.25, 0.3) is 0 Å². The van der Waals surface area contributed by atoms with Gasteiger partial charge in [-0.3, -0.25) is 5.41 Å². The molecular formula is C5H10N2OS. The maximum Gasteiger partial charge on any atom is 0.106 e. The molecule has 1 aliphatic heterocycles. The first-order valence-corrected chi connectivity index (χ1v) is 3.89. The molecule has 1 fully saturated rings. The zero-order valence-corrected chi connectivity index (χ0v) is 5.91. The Hall–Kier alpha value is -0.220. The Labute approximate surface area is 58.5 Å². The fourth-order valence-corrected chi connectivity index (χ4v) is 1.54. The van der Waals surface area contributed by atoms with Crippen molar-refractivity contribution in [3.63, 3.8) is 0 Å². The fourth-order valence-electron chi connectivity index (χ4n) is 0.667. The lowest BCUT2D eigenvalue weighted by molar-refractivity contribution is 0.153. The Morgan fingerprint density at radius 1 is 1.78 bits per heavy atom. The van der Waals surface area contributed by atoms with Gasteiger partial charge in [-0.25, -0.2) is 0 Å². The summed E-state index contributed by atoms with van der Waals surface area (Å²) in [6.07, 6.45) is 0. The van der Waals surface area contributed by atoms with Gasteiger partial charge < -0.3 is 10.5 Å². The Bertz CT molecular complexity index is 112. The molecule has 0 saturated carbocycles. The summed E-state index contributed by atoms with van der Waals surface area (Å²) in [6.45, 7) is 1.41. The number of thioether (sulfide) groups is 1. The van der Waals surface area contributed by atoms with Gasteiger partial charge in [-0.05, 0) is 0 Å². The zero-order chi connectivity index (χ0) is 6.69. The van der Waals surface area contributed by atoms with Crippen molar-refractivity contribution in [1.29, 1.82) is 5.41 Å². The van der Waals surface area contributed by atoms with Crippen LogP contribution in [-0.2, 0) is 4.74 Å². The highest BCUT2D eigenvalue weighted by molar-refractivity contribution is 8.00. The van der Waals surface area contributed by atoms with Crippen LogP contribution in [0.15, 0.2) is 0 Å². The van der Waals surface area contributed by atoms with Gasteiger partial charge in [0.2, 0.25) is 0 Å². The number of amidine groups is 1. The fraction of sp³-hybridized carbons (Fsp3) is 0.800. The first kappa shape index (κ1) is 6.89. The van der Waals surface area contributed by atoms with E-state index in [-0.39, 0.29) is 11.1 Å². The second-order valence-electron chi connectivity index (χ2n) is 1.89. The SMILES string of the molecule is N=C(N)C1COCCS1. The van der Waals surface area contributed by atoms with Gasteiger partial charge in [-0.2, -0.15) is 0 Å². The van der Waals surface area contributed by atoms with Crippen LogP contribution in [0.1, 0.15) is 0 Å². The van der Waals surface area contributed by atoms with E-state index in [0.717, 1.165) is 12.4 Å². The lowest BCUT2D eigenvalue weighted by atomic mass is 10.4. The van der Waals surface area contributed by atoms with E-state index >= 15 is 0 Å². The van der Waals surface area contributed by atoms with E-state index in [0.29, 0.717) is 6.61 Å². The summed E-state index contributed by atoms with van der Waals surface area (Å²) in [4.78, 5) is 0. The number of hydrogen-bond acceptors (Lipinski definition) is 3. The zero-order valence-electron chi connectivity index (χ0n) is 5.09. The third kappa shape index (κ3) is 1.87. The van der Waals surface area contributed by atoms with E-state index in [1.807, 2.05) is 0 Å².